The fraction of sp³-hybridized carbons (Fsp3) is 0.200. The zero-order valence-corrected chi connectivity index (χ0v) is 12.5. The first kappa shape index (κ1) is 16.4. The Balaban J connectivity index is 2.11. The number of nitrogens with two attached hydrogens (primary N) is 1. The average molecular weight is 316 g/mol. The monoisotopic (exact) mass is 316 g/mol. The summed E-state index contributed by atoms with van der Waals surface area (Å²) in [4.78, 5) is 31.3. The van der Waals surface area contributed by atoms with Crippen LogP contribution in [-0.2, 0) is 11.4 Å². The molecule has 120 valence electrons. The van der Waals surface area contributed by atoms with Gasteiger partial charge in [-0.3, -0.25) is 19.9 Å². The second kappa shape index (κ2) is 7.85. The van der Waals surface area contributed by atoms with Crippen molar-refractivity contribution in [3.05, 3.63) is 48.0 Å². The number of imide groups is 1. The predicted molar refractivity (Wildman–Crippen MR) is 80.9 cm³/mol. The SMILES string of the molecule is COc1ccnc(COc2cccnc2C(=O)NC(=O)CN)c1. The van der Waals surface area contributed by atoms with Gasteiger partial charge in [0.2, 0.25) is 5.91 Å². The second-order valence-corrected chi connectivity index (χ2v) is 4.41. The van der Waals surface area contributed by atoms with E-state index in [9.17, 15) is 9.59 Å². The maximum atomic E-state index is 12.0. The van der Waals surface area contributed by atoms with Gasteiger partial charge in [0.1, 0.15) is 12.4 Å². The number of hydrogen-bond donors (Lipinski definition) is 2. The third kappa shape index (κ3) is 4.48. The van der Waals surface area contributed by atoms with Gasteiger partial charge < -0.3 is 15.2 Å². The van der Waals surface area contributed by atoms with Crippen LogP contribution in [0.15, 0.2) is 36.7 Å². The highest BCUT2D eigenvalue weighted by Gasteiger charge is 2.16. The molecule has 0 saturated heterocycles. The highest BCUT2D eigenvalue weighted by Crippen LogP contribution is 2.18. The Kier molecular flexibility index (Phi) is 5.59. The Morgan fingerprint density at radius 1 is 1.26 bits per heavy atom. The number of carbonyl (C=O) groups is 2. The van der Waals surface area contributed by atoms with E-state index in [-0.39, 0.29) is 24.6 Å². The predicted octanol–water partition coefficient (Wildman–Crippen LogP) is 0.279. The number of ether oxygens (including phenoxy) is 2. The van der Waals surface area contributed by atoms with E-state index in [1.54, 1.807) is 37.6 Å². The summed E-state index contributed by atoms with van der Waals surface area (Å²) >= 11 is 0. The highest BCUT2D eigenvalue weighted by atomic mass is 16.5. The molecule has 0 unspecified atom stereocenters. The van der Waals surface area contributed by atoms with Crippen molar-refractivity contribution >= 4 is 11.8 Å². The number of hydrogen-bond acceptors (Lipinski definition) is 7. The molecule has 2 aromatic heterocycles. The summed E-state index contributed by atoms with van der Waals surface area (Å²) in [6, 6.07) is 6.63. The normalized spacial score (nSPS) is 10.0. The fourth-order valence-electron chi connectivity index (χ4n) is 1.73. The Morgan fingerprint density at radius 3 is 2.83 bits per heavy atom. The van der Waals surface area contributed by atoms with Gasteiger partial charge >= 0.3 is 0 Å². The van der Waals surface area contributed by atoms with Gasteiger partial charge in [0.25, 0.3) is 5.91 Å². The molecule has 3 N–H and O–H groups in total. The number of rotatable bonds is 6. The molecular weight excluding hydrogens is 300 g/mol. The molecule has 0 spiro atoms. The lowest BCUT2D eigenvalue weighted by Gasteiger charge is -2.10. The van der Waals surface area contributed by atoms with Crippen molar-refractivity contribution in [1.82, 2.24) is 15.3 Å². The second-order valence-electron chi connectivity index (χ2n) is 4.41. The van der Waals surface area contributed by atoms with Crippen LogP contribution in [0.3, 0.4) is 0 Å². The molecular formula is C15H16N4O4. The number of aromatic nitrogens is 2. The summed E-state index contributed by atoms with van der Waals surface area (Å²) in [6.45, 7) is -0.170. The molecule has 0 aliphatic rings. The number of nitrogens with one attached hydrogen (secondary N) is 1. The Bertz CT molecular complexity index is 705. The maximum Gasteiger partial charge on any atom is 0.280 e. The first-order valence-corrected chi connectivity index (χ1v) is 6.75. The molecule has 0 radical (unpaired) electrons. The molecule has 2 rings (SSSR count). The van der Waals surface area contributed by atoms with Gasteiger partial charge in [-0.05, 0) is 18.2 Å². The minimum absolute atomic E-state index is 0.00260. The Labute approximate surface area is 132 Å². The molecule has 0 aliphatic heterocycles. The van der Waals surface area contributed by atoms with Gasteiger partial charge in [-0.2, -0.15) is 0 Å². The lowest BCUT2D eigenvalue weighted by molar-refractivity contribution is -0.118. The van der Waals surface area contributed by atoms with Crippen LogP contribution in [0.5, 0.6) is 11.5 Å². The first-order chi connectivity index (χ1) is 11.1. The topological polar surface area (TPSA) is 116 Å². The third-order valence-corrected chi connectivity index (χ3v) is 2.82. The minimum Gasteiger partial charge on any atom is -0.497 e. The van der Waals surface area contributed by atoms with Gasteiger partial charge in [-0.25, -0.2) is 4.98 Å². The molecule has 23 heavy (non-hydrogen) atoms. The summed E-state index contributed by atoms with van der Waals surface area (Å²) in [5.41, 5.74) is 5.78. The lowest BCUT2D eigenvalue weighted by Crippen LogP contribution is -2.36. The van der Waals surface area contributed by atoms with Crippen molar-refractivity contribution in [2.75, 3.05) is 13.7 Å². The van der Waals surface area contributed by atoms with E-state index < -0.39 is 11.8 Å². The molecule has 2 amide bonds. The zero-order chi connectivity index (χ0) is 16.7. The van der Waals surface area contributed by atoms with Crippen molar-refractivity contribution in [2.45, 2.75) is 6.61 Å². The molecule has 0 saturated carbocycles. The van der Waals surface area contributed by atoms with Crippen molar-refractivity contribution < 1.29 is 19.1 Å². The van der Waals surface area contributed by atoms with Crippen LogP contribution in [0.4, 0.5) is 0 Å². The van der Waals surface area contributed by atoms with Gasteiger partial charge in [-0.1, -0.05) is 0 Å². The maximum absolute atomic E-state index is 12.0. The van der Waals surface area contributed by atoms with E-state index in [0.717, 1.165) is 0 Å². The molecule has 8 nitrogen and oxygen atoms in total. The summed E-state index contributed by atoms with van der Waals surface area (Å²) in [5, 5.41) is 2.12. The van der Waals surface area contributed by atoms with Crippen LogP contribution < -0.4 is 20.5 Å². The van der Waals surface area contributed by atoms with Gasteiger partial charge in [0.05, 0.1) is 19.3 Å². The van der Waals surface area contributed by atoms with Crippen LogP contribution in [0, 0.1) is 0 Å². The van der Waals surface area contributed by atoms with E-state index in [2.05, 4.69) is 15.3 Å². The zero-order valence-electron chi connectivity index (χ0n) is 12.5. The molecule has 2 aromatic rings. The van der Waals surface area contributed by atoms with Crippen LogP contribution >= 0.6 is 0 Å². The van der Waals surface area contributed by atoms with Crippen molar-refractivity contribution in [1.29, 1.82) is 0 Å². The van der Waals surface area contributed by atoms with Gasteiger partial charge in [0.15, 0.2) is 11.4 Å². The molecule has 0 atom stereocenters. The number of methoxy groups -OCH3 is 1. The molecule has 0 bridgehead atoms. The van der Waals surface area contributed by atoms with E-state index >= 15 is 0 Å². The van der Waals surface area contributed by atoms with Crippen molar-refractivity contribution in [2.24, 2.45) is 5.73 Å². The largest absolute Gasteiger partial charge is 0.497 e. The number of pyridine rings is 2. The Hall–Kier alpha value is -3.00. The van der Waals surface area contributed by atoms with Crippen LogP contribution in [0.2, 0.25) is 0 Å². The van der Waals surface area contributed by atoms with Crippen LogP contribution in [0.25, 0.3) is 0 Å². The van der Waals surface area contributed by atoms with Gasteiger partial charge in [-0.15, -0.1) is 0 Å². The molecule has 2 heterocycles. The standard InChI is InChI=1S/C15H16N4O4/c1-22-11-4-6-17-10(7-11)9-23-12-3-2-5-18-14(12)15(21)19-13(20)8-16/h2-7H,8-9,16H2,1H3,(H,19,20,21). The van der Waals surface area contributed by atoms with E-state index in [4.69, 9.17) is 15.2 Å². The summed E-state index contributed by atoms with van der Waals surface area (Å²) in [5.74, 6) is -0.383. The molecule has 0 fully saturated rings. The minimum atomic E-state index is -0.672. The Morgan fingerprint density at radius 2 is 2.09 bits per heavy atom. The number of carbonyl (C=O) groups excluding carboxylic acids is 2. The first-order valence-electron chi connectivity index (χ1n) is 6.75. The van der Waals surface area contributed by atoms with Crippen LogP contribution in [0.1, 0.15) is 16.2 Å². The molecule has 8 heteroatoms. The van der Waals surface area contributed by atoms with Crippen molar-refractivity contribution in [3.8, 4) is 11.5 Å². The quantitative estimate of drug-likeness (QED) is 0.786. The lowest BCUT2D eigenvalue weighted by atomic mass is 10.3. The van der Waals surface area contributed by atoms with E-state index in [1.165, 1.54) is 6.20 Å². The third-order valence-electron chi connectivity index (χ3n) is 2.82. The summed E-state index contributed by atoms with van der Waals surface area (Å²) in [6.07, 6.45) is 3.02. The smallest absolute Gasteiger partial charge is 0.280 e. The fourth-order valence-corrected chi connectivity index (χ4v) is 1.73. The number of amides is 2. The van der Waals surface area contributed by atoms with E-state index in [0.29, 0.717) is 11.4 Å². The average Bonchev–Trinajstić information content (AvgIpc) is 2.60. The highest BCUT2D eigenvalue weighted by molar-refractivity contribution is 6.05. The summed E-state index contributed by atoms with van der Waals surface area (Å²) in [7, 11) is 1.55. The van der Waals surface area contributed by atoms with Crippen molar-refractivity contribution in [3.63, 3.8) is 0 Å². The summed E-state index contributed by atoms with van der Waals surface area (Å²) < 4.78 is 10.7. The van der Waals surface area contributed by atoms with Gasteiger partial charge in [0, 0.05) is 18.5 Å². The van der Waals surface area contributed by atoms with Crippen LogP contribution in [-0.4, -0.2) is 35.4 Å². The van der Waals surface area contributed by atoms with E-state index in [1.807, 2.05) is 0 Å². The molecule has 0 aromatic carbocycles. The number of nitrogens with zero attached hydrogens (tertiary/aromatic N) is 2. The molecule has 0 aliphatic carbocycles.